The highest BCUT2D eigenvalue weighted by Gasteiger charge is 2.41. The number of carbonyl (C=O) groups is 3. The summed E-state index contributed by atoms with van der Waals surface area (Å²) in [6, 6.07) is 17.8. The second-order valence-corrected chi connectivity index (χ2v) is 16.3. The zero-order chi connectivity index (χ0) is 43.0. The molecule has 1 aliphatic carbocycles. The van der Waals surface area contributed by atoms with E-state index in [-0.39, 0.29) is 44.0 Å². The van der Waals surface area contributed by atoms with Crippen molar-refractivity contribution in [2.75, 3.05) is 19.8 Å². The van der Waals surface area contributed by atoms with E-state index in [9.17, 15) is 28.3 Å². The number of aryl methyl sites for hydroxylation is 3. The molecule has 2 amide bonds. The van der Waals surface area contributed by atoms with Crippen molar-refractivity contribution in [3.05, 3.63) is 124 Å². The third-order valence-corrected chi connectivity index (χ3v) is 12.1. The Hall–Kier alpha value is -6.31. The minimum absolute atomic E-state index is 0.00301. The number of carboxylic acid groups (broad SMARTS) is 1. The van der Waals surface area contributed by atoms with Crippen LogP contribution in [-0.2, 0) is 22.4 Å². The number of ether oxygens (including phenoxy) is 3. The van der Waals surface area contributed by atoms with Gasteiger partial charge in [-0.25, -0.2) is 18.6 Å². The molecular formula is C47H48F2N4O8. The first-order valence-electron chi connectivity index (χ1n) is 20.6. The molecule has 0 radical (unpaired) electrons. The number of nitrogens with zero attached hydrogens (tertiary/aromatic N) is 3. The number of oxazole rings is 1. The Morgan fingerprint density at radius 3 is 2.41 bits per heavy atom. The third-order valence-electron chi connectivity index (χ3n) is 12.1. The van der Waals surface area contributed by atoms with Gasteiger partial charge in [-0.3, -0.25) is 14.6 Å². The fourth-order valence-electron chi connectivity index (χ4n) is 8.43. The van der Waals surface area contributed by atoms with Crippen LogP contribution in [0.15, 0.2) is 77.3 Å². The highest BCUT2D eigenvalue weighted by Crippen LogP contribution is 2.43. The number of pyridine rings is 1. The lowest BCUT2D eigenvalue weighted by atomic mass is 9.87. The number of carboxylic acids is 1. The highest BCUT2D eigenvalue weighted by molar-refractivity contribution is 5.98. The van der Waals surface area contributed by atoms with E-state index >= 15 is 0 Å². The SMILES string of the molecule is Cc1nc(C(=O)N2CCc3cc4c(cc3C2C(=O)NC(Cc2ccc(-c3ccnc(C)c3C)cc2)C(=O)O)O[C@@H](c2ccc(OCC3CCC(F)(F)CC3)cc2)CO4)c(C)o1. The van der Waals surface area contributed by atoms with E-state index < -0.39 is 41.9 Å². The predicted molar refractivity (Wildman–Crippen MR) is 220 cm³/mol. The fraction of sp³-hybridized carbons (Fsp3) is 0.383. The molecule has 2 aromatic heterocycles. The summed E-state index contributed by atoms with van der Waals surface area (Å²) in [6.07, 6.45) is 2.24. The second-order valence-electron chi connectivity index (χ2n) is 16.3. The Kier molecular flexibility index (Phi) is 11.5. The van der Waals surface area contributed by atoms with Crippen LogP contribution in [0.5, 0.6) is 17.2 Å². The van der Waals surface area contributed by atoms with Crippen LogP contribution >= 0.6 is 0 Å². The Morgan fingerprint density at radius 1 is 0.984 bits per heavy atom. The largest absolute Gasteiger partial charge is 0.493 e. The molecule has 1 fully saturated rings. The average Bonchev–Trinajstić information content (AvgIpc) is 3.59. The lowest BCUT2D eigenvalue weighted by molar-refractivity contribution is -0.142. The summed E-state index contributed by atoms with van der Waals surface area (Å²) in [5.74, 6) is -2.87. The van der Waals surface area contributed by atoms with Gasteiger partial charge in [0.2, 0.25) is 11.8 Å². The number of aliphatic carboxylic acids is 1. The van der Waals surface area contributed by atoms with E-state index in [1.807, 2.05) is 74.5 Å². The lowest BCUT2D eigenvalue weighted by Gasteiger charge is -2.38. The topological polar surface area (TPSA) is 153 Å². The lowest BCUT2D eigenvalue weighted by Crippen LogP contribution is -2.51. The molecule has 0 spiro atoms. The van der Waals surface area contributed by atoms with E-state index in [1.165, 1.54) is 4.90 Å². The van der Waals surface area contributed by atoms with Gasteiger partial charge in [-0.1, -0.05) is 36.4 Å². The molecule has 2 N–H and O–H groups in total. The standard InChI is InChI=1S/C47H48F2N4O8/c1-26-27(2)50-19-15-36(26)32-7-5-30(6-8-32)21-38(46(56)57)52-44(54)43-37-23-40-39(22-34(37)16-20-53(43)45(55)42-28(3)60-29(4)51-42)59-25-41(61-40)33-9-11-35(12-10-33)58-24-31-13-17-47(48,49)18-14-31/h5-12,15,19,22-23,31,38,41,43H,13-14,16-18,20-21,24-25H2,1-4H3,(H,52,54)(H,56,57)/t38?,41-,43?/m1/s1. The first kappa shape index (κ1) is 41.4. The molecule has 2 aliphatic heterocycles. The third kappa shape index (κ3) is 8.94. The van der Waals surface area contributed by atoms with Crippen molar-refractivity contribution in [2.24, 2.45) is 5.92 Å². The zero-order valence-electron chi connectivity index (χ0n) is 34.5. The van der Waals surface area contributed by atoms with Crippen LogP contribution in [0.2, 0.25) is 0 Å². The molecule has 12 nitrogen and oxygen atoms in total. The van der Waals surface area contributed by atoms with Crippen molar-refractivity contribution in [3.8, 4) is 28.4 Å². The van der Waals surface area contributed by atoms with Crippen LogP contribution in [0.3, 0.4) is 0 Å². The second kappa shape index (κ2) is 17.0. The van der Waals surface area contributed by atoms with Gasteiger partial charge in [0.05, 0.1) is 6.61 Å². The number of alkyl halides is 2. The molecule has 5 aromatic rings. The van der Waals surface area contributed by atoms with Gasteiger partial charge >= 0.3 is 5.97 Å². The van der Waals surface area contributed by atoms with E-state index in [0.717, 1.165) is 33.5 Å². The quantitative estimate of drug-likeness (QED) is 0.133. The summed E-state index contributed by atoms with van der Waals surface area (Å²) in [6.45, 7) is 7.94. The summed E-state index contributed by atoms with van der Waals surface area (Å²) < 4.78 is 51.4. The van der Waals surface area contributed by atoms with Crippen LogP contribution in [0.4, 0.5) is 8.78 Å². The molecule has 4 heterocycles. The maximum atomic E-state index is 14.5. The number of carbonyl (C=O) groups excluding carboxylic acids is 2. The Labute approximate surface area is 352 Å². The minimum Gasteiger partial charge on any atom is -0.493 e. The minimum atomic E-state index is -2.59. The molecule has 0 saturated heterocycles. The monoisotopic (exact) mass is 834 g/mol. The molecule has 2 unspecified atom stereocenters. The van der Waals surface area contributed by atoms with Gasteiger partial charge in [0.25, 0.3) is 5.91 Å². The van der Waals surface area contributed by atoms with Gasteiger partial charge in [-0.05, 0) is 115 Å². The van der Waals surface area contributed by atoms with Gasteiger partial charge < -0.3 is 34.0 Å². The van der Waals surface area contributed by atoms with Crippen molar-refractivity contribution < 1.29 is 46.9 Å². The van der Waals surface area contributed by atoms with Crippen LogP contribution in [-0.4, -0.2) is 69.5 Å². The van der Waals surface area contributed by atoms with E-state index in [0.29, 0.717) is 65.9 Å². The molecule has 14 heteroatoms. The Bertz CT molecular complexity index is 2440. The average molecular weight is 835 g/mol. The molecule has 3 aliphatic rings. The van der Waals surface area contributed by atoms with Crippen molar-refractivity contribution >= 4 is 17.8 Å². The van der Waals surface area contributed by atoms with Crippen molar-refractivity contribution in [1.82, 2.24) is 20.2 Å². The number of rotatable bonds is 11. The number of benzene rings is 3. The number of aromatic nitrogens is 2. The first-order valence-corrected chi connectivity index (χ1v) is 20.6. The van der Waals surface area contributed by atoms with Gasteiger partial charge in [-0.2, -0.15) is 0 Å². The number of hydrogen-bond donors (Lipinski definition) is 2. The molecule has 1 saturated carbocycles. The van der Waals surface area contributed by atoms with E-state index in [2.05, 4.69) is 15.3 Å². The van der Waals surface area contributed by atoms with Crippen molar-refractivity contribution in [2.45, 2.75) is 90.3 Å². The van der Waals surface area contributed by atoms with Gasteiger partial charge in [0.1, 0.15) is 30.2 Å². The highest BCUT2D eigenvalue weighted by atomic mass is 19.3. The van der Waals surface area contributed by atoms with Gasteiger partial charge in [0, 0.05) is 44.6 Å². The molecule has 3 aromatic carbocycles. The van der Waals surface area contributed by atoms with Gasteiger partial charge in [0.15, 0.2) is 29.2 Å². The van der Waals surface area contributed by atoms with E-state index in [4.69, 9.17) is 18.6 Å². The summed E-state index contributed by atoms with van der Waals surface area (Å²) in [5, 5.41) is 13.1. The molecule has 61 heavy (non-hydrogen) atoms. The number of hydrogen-bond acceptors (Lipinski definition) is 9. The number of halogens is 2. The fourth-order valence-corrected chi connectivity index (χ4v) is 8.43. The number of amides is 2. The molecule has 3 atom stereocenters. The number of fused-ring (bicyclic) bond motifs is 2. The van der Waals surface area contributed by atoms with Crippen LogP contribution in [0.1, 0.15) is 93.5 Å². The summed E-state index contributed by atoms with van der Waals surface area (Å²) in [7, 11) is 0. The normalized spacial score (nSPS) is 18.8. The molecular weight excluding hydrogens is 787 g/mol. The maximum Gasteiger partial charge on any atom is 0.326 e. The maximum absolute atomic E-state index is 14.5. The molecule has 8 rings (SSSR count). The van der Waals surface area contributed by atoms with Crippen molar-refractivity contribution in [1.29, 1.82) is 0 Å². The molecule has 318 valence electrons. The first-order chi connectivity index (χ1) is 29.2. The Morgan fingerprint density at radius 2 is 1.72 bits per heavy atom. The van der Waals surface area contributed by atoms with Crippen LogP contribution in [0.25, 0.3) is 11.1 Å². The van der Waals surface area contributed by atoms with Crippen molar-refractivity contribution in [3.63, 3.8) is 0 Å². The van der Waals surface area contributed by atoms with Gasteiger partial charge in [-0.15, -0.1) is 0 Å². The summed E-state index contributed by atoms with van der Waals surface area (Å²) in [4.78, 5) is 51.5. The molecule has 0 bridgehead atoms. The zero-order valence-corrected chi connectivity index (χ0v) is 34.5. The smallest absolute Gasteiger partial charge is 0.326 e. The Balaban J connectivity index is 1.03. The predicted octanol–water partition coefficient (Wildman–Crippen LogP) is 8.24. The van der Waals surface area contributed by atoms with E-state index in [1.54, 1.807) is 26.1 Å². The number of nitrogens with one attached hydrogen (secondary N) is 1. The summed E-state index contributed by atoms with van der Waals surface area (Å²) in [5.41, 5.74) is 6.75. The summed E-state index contributed by atoms with van der Waals surface area (Å²) >= 11 is 0. The van der Waals surface area contributed by atoms with Crippen LogP contribution < -0.4 is 19.5 Å². The van der Waals surface area contributed by atoms with Crippen LogP contribution in [0, 0.1) is 33.6 Å².